The van der Waals surface area contributed by atoms with Gasteiger partial charge in [0, 0.05) is 13.2 Å². The van der Waals surface area contributed by atoms with Crippen molar-refractivity contribution in [2.75, 3.05) is 18.9 Å². The third-order valence-corrected chi connectivity index (χ3v) is 5.25. The highest BCUT2D eigenvalue weighted by Gasteiger charge is 2.33. The lowest BCUT2D eigenvalue weighted by Gasteiger charge is -2.05. The smallest absolute Gasteiger partial charge is 0.373 e. The quantitative estimate of drug-likeness (QED) is 0.476. The molecule has 0 spiro atoms. The lowest BCUT2D eigenvalue weighted by Crippen LogP contribution is -2.23. The number of hydrogen-bond acceptors (Lipinski definition) is 5. The summed E-state index contributed by atoms with van der Waals surface area (Å²) in [5.41, 5.74) is -3.77. The minimum Gasteiger partial charge on any atom is -0.373 e. The monoisotopic (exact) mass is 434 g/mol. The van der Waals surface area contributed by atoms with Gasteiger partial charge >= 0.3 is 5.51 Å². The van der Waals surface area contributed by atoms with Crippen LogP contribution in [0.15, 0.2) is 35.5 Å². The molecule has 0 atom stereocenters. The van der Waals surface area contributed by atoms with E-state index in [1.807, 2.05) is 0 Å². The van der Waals surface area contributed by atoms with Gasteiger partial charge in [-0.15, -0.1) is 0 Å². The number of pyridine rings is 1. The first-order valence-corrected chi connectivity index (χ1v) is 9.94. The molecular formula is C19H17F3N6OS. The Hall–Kier alpha value is -3.13. The molecule has 0 aliphatic heterocycles. The van der Waals surface area contributed by atoms with Crippen LogP contribution in [0.3, 0.4) is 0 Å². The number of alkyl halides is 3. The van der Waals surface area contributed by atoms with Gasteiger partial charge in [-0.05, 0) is 42.7 Å². The number of thioether (sulfide) groups is 1. The molecule has 156 valence electrons. The summed E-state index contributed by atoms with van der Waals surface area (Å²) < 4.78 is 42.3. The van der Waals surface area contributed by atoms with E-state index in [-0.39, 0.29) is 34.8 Å². The average molecular weight is 434 g/mol. The fraction of sp³-hybridized carbons (Fsp3) is 0.316. The van der Waals surface area contributed by atoms with Gasteiger partial charge in [-0.2, -0.15) is 23.4 Å². The van der Waals surface area contributed by atoms with E-state index in [0.29, 0.717) is 22.9 Å². The summed E-state index contributed by atoms with van der Waals surface area (Å²) in [6.07, 6.45) is 5.28. The van der Waals surface area contributed by atoms with E-state index < -0.39 is 5.51 Å². The molecule has 3 aromatic heterocycles. The average Bonchev–Trinajstić information content (AvgIpc) is 3.33. The molecule has 0 unspecified atom stereocenters. The molecular weight excluding hydrogens is 417 g/mol. The van der Waals surface area contributed by atoms with Gasteiger partial charge in [-0.25, -0.2) is 4.52 Å². The van der Waals surface area contributed by atoms with Gasteiger partial charge in [0.2, 0.25) is 0 Å². The van der Waals surface area contributed by atoms with Crippen LogP contribution in [0.5, 0.6) is 0 Å². The van der Waals surface area contributed by atoms with Crippen molar-refractivity contribution in [2.45, 2.75) is 29.3 Å². The van der Waals surface area contributed by atoms with Crippen LogP contribution in [0.25, 0.3) is 5.52 Å². The zero-order valence-corrected chi connectivity index (χ0v) is 16.6. The molecule has 30 heavy (non-hydrogen) atoms. The Balaban J connectivity index is 1.52. The predicted molar refractivity (Wildman–Crippen MR) is 106 cm³/mol. The summed E-state index contributed by atoms with van der Waals surface area (Å²) in [5, 5.41) is 13.9. The topological polar surface area (TPSA) is 76.2 Å². The molecule has 1 amide bonds. The summed E-state index contributed by atoms with van der Waals surface area (Å²) in [6, 6.07) is 5.25. The SMILES string of the molecule is CNc1cccc2c(SC(F)(F)F)c(C#CCNC(=O)c3cnn(C4CC4)c3)nn12. The number of hydrogen-bond donors (Lipinski definition) is 2. The van der Waals surface area contributed by atoms with Crippen molar-refractivity contribution in [3.63, 3.8) is 0 Å². The Morgan fingerprint density at radius 3 is 2.87 bits per heavy atom. The molecule has 11 heteroatoms. The highest BCUT2D eigenvalue weighted by molar-refractivity contribution is 8.00. The molecule has 4 rings (SSSR count). The standard InChI is InChI=1S/C19H17F3N6OS/c1-23-16-6-2-5-15-17(30-19(20,21)22)14(26-28(15)16)4-3-9-24-18(29)12-10-25-27(11-12)13-7-8-13/h2,5-6,10-11,13,23H,7-9H2,1H3,(H,24,29). The first kappa shape index (κ1) is 20.2. The van der Waals surface area contributed by atoms with Crippen molar-refractivity contribution in [1.82, 2.24) is 24.7 Å². The second-order valence-corrected chi connectivity index (χ2v) is 7.68. The first-order chi connectivity index (χ1) is 14.4. The number of anilines is 1. The third kappa shape index (κ3) is 4.38. The molecule has 1 saturated carbocycles. The molecule has 3 aromatic rings. The van der Waals surface area contributed by atoms with Crippen LogP contribution in [0.2, 0.25) is 0 Å². The molecule has 1 aliphatic rings. The zero-order chi connectivity index (χ0) is 21.3. The zero-order valence-electron chi connectivity index (χ0n) is 15.8. The van der Waals surface area contributed by atoms with E-state index in [2.05, 4.69) is 32.7 Å². The number of halogens is 3. The van der Waals surface area contributed by atoms with Crippen molar-refractivity contribution in [3.8, 4) is 11.8 Å². The van der Waals surface area contributed by atoms with Crippen molar-refractivity contribution in [3.05, 3.63) is 41.9 Å². The van der Waals surface area contributed by atoms with E-state index in [0.717, 1.165) is 12.8 Å². The van der Waals surface area contributed by atoms with Crippen LogP contribution in [-0.2, 0) is 0 Å². The van der Waals surface area contributed by atoms with Crippen LogP contribution in [0.1, 0.15) is 34.9 Å². The summed E-state index contributed by atoms with van der Waals surface area (Å²) in [5.74, 6) is 5.53. The van der Waals surface area contributed by atoms with Crippen molar-refractivity contribution in [2.24, 2.45) is 0 Å². The Morgan fingerprint density at radius 2 is 2.17 bits per heavy atom. The van der Waals surface area contributed by atoms with Gasteiger partial charge in [0.25, 0.3) is 5.91 Å². The van der Waals surface area contributed by atoms with Gasteiger partial charge in [-0.3, -0.25) is 9.48 Å². The van der Waals surface area contributed by atoms with Crippen LogP contribution >= 0.6 is 11.8 Å². The Bertz CT molecular complexity index is 1150. The molecule has 1 aliphatic carbocycles. The molecule has 2 N–H and O–H groups in total. The Morgan fingerprint density at radius 1 is 1.37 bits per heavy atom. The number of aromatic nitrogens is 4. The third-order valence-electron chi connectivity index (χ3n) is 4.42. The summed E-state index contributed by atoms with van der Waals surface area (Å²) in [4.78, 5) is 12.1. The van der Waals surface area contributed by atoms with Gasteiger partial charge in [0.15, 0.2) is 0 Å². The van der Waals surface area contributed by atoms with Gasteiger partial charge in [0.1, 0.15) is 11.5 Å². The van der Waals surface area contributed by atoms with Crippen LogP contribution in [0.4, 0.5) is 19.0 Å². The summed E-state index contributed by atoms with van der Waals surface area (Å²) in [6.45, 7) is -0.0314. The van der Waals surface area contributed by atoms with Crippen LogP contribution in [-0.4, -0.2) is 44.4 Å². The number of amides is 1. The predicted octanol–water partition coefficient (Wildman–Crippen LogP) is 3.30. The van der Waals surface area contributed by atoms with Gasteiger partial charge < -0.3 is 10.6 Å². The van der Waals surface area contributed by atoms with Crippen molar-refractivity contribution < 1.29 is 18.0 Å². The second-order valence-electron chi connectivity index (χ2n) is 6.61. The van der Waals surface area contributed by atoms with E-state index in [9.17, 15) is 18.0 Å². The normalized spacial score (nSPS) is 13.7. The number of rotatable bonds is 5. The molecule has 0 radical (unpaired) electrons. The molecule has 1 fully saturated rings. The molecule has 0 saturated heterocycles. The fourth-order valence-electron chi connectivity index (χ4n) is 2.88. The lowest BCUT2D eigenvalue weighted by molar-refractivity contribution is -0.0327. The maximum absolute atomic E-state index is 13.1. The molecule has 0 aromatic carbocycles. The van der Waals surface area contributed by atoms with Crippen molar-refractivity contribution >= 4 is 29.0 Å². The van der Waals surface area contributed by atoms with E-state index in [4.69, 9.17) is 0 Å². The van der Waals surface area contributed by atoms with Gasteiger partial charge in [0.05, 0.1) is 34.8 Å². The maximum atomic E-state index is 13.1. The molecule has 7 nitrogen and oxygen atoms in total. The minimum absolute atomic E-state index is 0.00386. The van der Waals surface area contributed by atoms with E-state index >= 15 is 0 Å². The number of carbonyl (C=O) groups is 1. The maximum Gasteiger partial charge on any atom is 0.446 e. The number of nitrogens with zero attached hydrogens (tertiary/aromatic N) is 4. The highest BCUT2D eigenvalue weighted by Crippen LogP contribution is 2.41. The fourth-order valence-corrected chi connectivity index (χ4v) is 3.56. The minimum atomic E-state index is -4.48. The molecule has 0 bridgehead atoms. The Kier molecular flexibility index (Phi) is 5.34. The Labute approximate surface area is 174 Å². The number of carbonyl (C=O) groups excluding carboxylic acids is 1. The van der Waals surface area contributed by atoms with Crippen LogP contribution < -0.4 is 10.6 Å². The highest BCUT2D eigenvalue weighted by atomic mass is 32.2. The first-order valence-electron chi connectivity index (χ1n) is 9.12. The molecule has 3 heterocycles. The number of nitrogens with one attached hydrogen (secondary N) is 2. The van der Waals surface area contributed by atoms with E-state index in [1.165, 1.54) is 10.7 Å². The number of fused-ring (bicyclic) bond motifs is 1. The van der Waals surface area contributed by atoms with Crippen molar-refractivity contribution in [1.29, 1.82) is 0 Å². The van der Waals surface area contributed by atoms with E-state index in [1.54, 1.807) is 36.1 Å². The summed E-state index contributed by atoms with van der Waals surface area (Å²) >= 11 is -0.257. The lowest BCUT2D eigenvalue weighted by atomic mass is 10.3. The van der Waals surface area contributed by atoms with Gasteiger partial charge in [-0.1, -0.05) is 12.0 Å². The second kappa shape index (κ2) is 7.95. The summed E-state index contributed by atoms with van der Waals surface area (Å²) in [7, 11) is 1.65. The largest absolute Gasteiger partial charge is 0.446 e. The van der Waals surface area contributed by atoms with Crippen LogP contribution in [0, 0.1) is 11.8 Å².